The van der Waals surface area contributed by atoms with Gasteiger partial charge in [-0.3, -0.25) is 9.59 Å². The van der Waals surface area contributed by atoms with Crippen molar-refractivity contribution in [3.05, 3.63) is 62.8 Å². The first-order chi connectivity index (χ1) is 11.7. The molecule has 0 bridgehead atoms. The van der Waals surface area contributed by atoms with Crippen molar-refractivity contribution in [2.45, 2.75) is 19.1 Å². The molecule has 0 atom stereocenters. The molecule has 1 aromatic heterocycles. The number of carbonyl (C=O) groups excluding carboxylic acids is 1. The maximum atomic E-state index is 13.6. The van der Waals surface area contributed by atoms with E-state index in [2.05, 4.69) is 10.4 Å². The second-order valence-corrected chi connectivity index (χ2v) is 5.41. The Balaban J connectivity index is 1.97. The maximum Gasteiger partial charge on any atom is 0.435 e. The molecule has 0 spiro atoms. The summed E-state index contributed by atoms with van der Waals surface area (Å²) in [6.45, 7) is -0.418. The van der Waals surface area contributed by atoms with E-state index in [-0.39, 0.29) is 30.1 Å². The second kappa shape index (κ2) is 7.64. The maximum absolute atomic E-state index is 13.6. The van der Waals surface area contributed by atoms with Crippen LogP contribution < -0.4 is 10.9 Å². The summed E-state index contributed by atoms with van der Waals surface area (Å²) in [6.07, 6.45) is -5.02. The highest BCUT2D eigenvalue weighted by molar-refractivity contribution is 6.31. The van der Waals surface area contributed by atoms with Crippen molar-refractivity contribution >= 4 is 17.5 Å². The Kier molecular flexibility index (Phi) is 5.78. The van der Waals surface area contributed by atoms with Gasteiger partial charge < -0.3 is 5.32 Å². The molecule has 1 heterocycles. The fourth-order valence-corrected chi connectivity index (χ4v) is 2.22. The van der Waals surface area contributed by atoms with E-state index in [0.29, 0.717) is 10.7 Å². The summed E-state index contributed by atoms with van der Waals surface area (Å²) < 4.78 is 51.9. The number of alkyl halides is 3. The molecule has 1 aromatic carbocycles. The number of nitrogens with one attached hydrogen (secondary N) is 1. The van der Waals surface area contributed by atoms with Crippen molar-refractivity contribution in [2.24, 2.45) is 0 Å². The van der Waals surface area contributed by atoms with Gasteiger partial charge in [0.2, 0.25) is 5.91 Å². The van der Waals surface area contributed by atoms with E-state index >= 15 is 0 Å². The fourth-order valence-electron chi connectivity index (χ4n) is 1.99. The zero-order chi connectivity index (χ0) is 18.6. The van der Waals surface area contributed by atoms with Crippen LogP contribution in [-0.4, -0.2) is 22.2 Å². The molecule has 0 fully saturated rings. The Morgan fingerprint density at radius 1 is 1.24 bits per heavy atom. The van der Waals surface area contributed by atoms with Gasteiger partial charge in [-0.2, -0.15) is 18.3 Å². The van der Waals surface area contributed by atoms with E-state index in [1.165, 1.54) is 12.1 Å². The van der Waals surface area contributed by atoms with Crippen LogP contribution in [0.3, 0.4) is 0 Å². The number of benzene rings is 1. The molecule has 0 saturated heterocycles. The van der Waals surface area contributed by atoms with Gasteiger partial charge in [-0.05, 0) is 18.2 Å². The summed E-state index contributed by atoms with van der Waals surface area (Å²) >= 11 is 5.80. The quantitative estimate of drug-likeness (QED) is 0.814. The van der Waals surface area contributed by atoms with Crippen LogP contribution in [-0.2, 0) is 23.9 Å². The minimum Gasteiger partial charge on any atom is -0.354 e. The third-order valence-corrected chi connectivity index (χ3v) is 3.56. The monoisotopic (exact) mass is 377 g/mol. The lowest BCUT2D eigenvalue weighted by Gasteiger charge is -2.10. The average Bonchev–Trinajstić information content (AvgIpc) is 2.52. The van der Waals surface area contributed by atoms with E-state index in [9.17, 15) is 27.2 Å². The zero-order valence-corrected chi connectivity index (χ0v) is 13.4. The first kappa shape index (κ1) is 18.9. The molecular weight excluding hydrogens is 366 g/mol. The lowest BCUT2D eigenvalue weighted by atomic mass is 10.1. The minimum absolute atomic E-state index is 0.0102. The number of halogens is 5. The summed E-state index contributed by atoms with van der Waals surface area (Å²) in [4.78, 5) is 23.3. The molecular formula is C15H12ClF4N3O2. The number of amides is 1. The normalized spacial score (nSPS) is 11.4. The molecule has 0 unspecified atom stereocenters. The molecule has 0 aliphatic carbocycles. The smallest absolute Gasteiger partial charge is 0.354 e. The van der Waals surface area contributed by atoms with Crippen molar-refractivity contribution < 1.29 is 22.4 Å². The standard InChI is InChI=1S/C15H12ClF4N3O2/c16-10-2-1-3-11(17)9(10)8-13(24)21-6-7-23-14(25)5-4-12(22-23)15(18,19)20/h1-5H,6-8H2,(H,21,24). The van der Waals surface area contributed by atoms with Crippen molar-refractivity contribution in [1.29, 1.82) is 0 Å². The predicted octanol–water partition coefficient (Wildman–Crippen LogP) is 2.41. The van der Waals surface area contributed by atoms with Crippen LogP contribution in [0.15, 0.2) is 35.1 Å². The lowest BCUT2D eigenvalue weighted by molar-refractivity contribution is -0.142. The van der Waals surface area contributed by atoms with Crippen LogP contribution in [0.2, 0.25) is 5.02 Å². The van der Waals surface area contributed by atoms with Gasteiger partial charge in [0.05, 0.1) is 13.0 Å². The molecule has 0 aliphatic rings. The Morgan fingerprint density at radius 3 is 2.60 bits per heavy atom. The summed E-state index contributed by atoms with van der Waals surface area (Å²) in [6, 6.07) is 5.30. The zero-order valence-electron chi connectivity index (χ0n) is 12.6. The molecule has 0 radical (unpaired) electrons. The number of aromatic nitrogens is 2. The molecule has 2 rings (SSSR count). The van der Waals surface area contributed by atoms with Gasteiger partial charge in [0.1, 0.15) is 5.82 Å². The van der Waals surface area contributed by atoms with Crippen LogP contribution in [0, 0.1) is 5.82 Å². The Hall–Kier alpha value is -2.42. The van der Waals surface area contributed by atoms with Crippen LogP contribution in [0.5, 0.6) is 0 Å². The molecule has 25 heavy (non-hydrogen) atoms. The number of nitrogens with zero attached hydrogens (tertiary/aromatic N) is 2. The van der Waals surface area contributed by atoms with Gasteiger partial charge in [-0.1, -0.05) is 17.7 Å². The Morgan fingerprint density at radius 2 is 1.96 bits per heavy atom. The molecule has 0 aliphatic heterocycles. The van der Waals surface area contributed by atoms with Crippen LogP contribution >= 0.6 is 11.6 Å². The summed E-state index contributed by atoms with van der Waals surface area (Å²) in [7, 11) is 0. The number of rotatable bonds is 5. The number of carbonyl (C=O) groups is 1. The summed E-state index contributed by atoms with van der Waals surface area (Å²) in [5.74, 6) is -1.23. The first-order valence-corrected chi connectivity index (χ1v) is 7.41. The highest BCUT2D eigenvalue weighted by atomic mass is 35.5. The van der Waals surface area contributed by atoms with Crippen LogP contribution in [0.25, 0.3) is 0 Å². The Bertz CT molecular complexity index is 816. The van der Waals surface area contributed by atoms with E-state index < -0.39 is 29.2 Å². The van der Waals surface area contributed by atoms with Crippen molar-refractivity contribution in [3.8, 4) is 0 Å². The topological polar surface area (TPSA) is 64.0 Å². The van der Waals surface area contributed by atoms with Gasteiger partial charge in [0.25, 0.3) is 5.56 Å². The molecule has 10 heteroatoms. The molecule has 2 aromatic rings. The third kappa shape index (κ3) is 5.02. The molecule has 1 N–H and O–H groups in total. The van der Waals surface area contributed by atoms with Gasteiger partial charge in [-0.25, -0.2) is 9.07 Å². The largest absolute Gasteiger partial charge is 0.435 e. The second-order valence-electron chi connectivity index (χ2n) is 5.00. The number of hydrogen-bond acceptors (Lipinski definition) is 3. The Labute approximate surface area is 144 Å². The fraction of sp³-hybridized carbons (Fsp3) is 0.267. The van der Waals surface area contributed by atoms with Gasteiger partial charge in [-0.15, -0.1) is 0 Å². The van der Waals surface area contributed by atoms with Gasteiger partial charge in [0, 0.05) is 23.2 Å². The predicted molar refractivity (Wildman–Crippen MR) is 81.6 cm³/mol. The highest BCUT2D eigenvalue weighted by Crippen LogP contribution is 2.26. The molecule has 0 saturated carbocycles. The van der Waals surface area contributed by atoms with Crippen molar-refractivity contribution in [1.82, 2.24) is 15.1 Å². The van der Waals surface area contributed by atoms with E-state index in [1.807, 2.05) is 0 Å². The molecule has 1 amide bonds. The third-order valence-electron chi connectivity index (χ3n) is 3.20. The van der Waals surface area contributed by atoms with Crippen LogP contribution in [0.1, 0.15) is 11.3 Å². The van der Waals surface area contributed by atoms with E-state index in [0.717, 1.165) is 12.1 Å². The summed E-state index contributed by atoms with van der Waals surface area (Å²) in [5.41, 5.74) is -1.94. The lowest BCUT2D eigenvalue weighted by Crippen LogP contribution is -2.33. The SMILES string of the molecule is O=C(Cc1c(F)cccc1Cl)NCCn1nc(C(F)(F)F)ccc1=O. The highest BCUT2D eigenvalue weighted by Gasteiger charge is 2.33. The van der Waals surface area contributed by atoms with E-state index in [4.69, 9.17) is 11.6 Å². The molecule has 134 valence electrons. The average molecular weight is 378 g/mol. The van der Waals surface area contributed by atoms with E-state index in [1.54, 1.807) is 0 Å². The molecule has 5 nitrogen and oxygen atoms in total. The van der Waals surface area contributed by atoms with Crippen LogP contribution in [0.4, 0.5) is 17.6 Å². The first-order valence-electron chi connectivity index (χ1n) is 7.03. The minimum atomic E-state index is -4.68. The van der Waals surface area contributed by atoms with Crippen molar-refractivity contribution in [3.63, 3.8) is 0 Å². The number of hydrogen-bond donors (Lipinski definition) is 1. The van der Waals surface area contributed by atoms with Crippen molar-refractivity contribution in [2.75, 3.05) is 6.54 Å². The summed E-state index contributed by atoms with van der Waals surface area (Å²) in [5, 5.41) is 5.66. The van der Waals surface area contributed by atoms with Gasteiger partial charge >= 0.3 is 6.18 Å². The van der Waals surface area contributed by atoms with Gasteiger partial charge in [0.15, 0.2) is 5.69 Å².